The van der Waals surface area contributed by atoms with Crippen LogP contribution in [0.3, 0.4) is 0 Å². The summed E-state index contributed by atoms with van der Waals surface area (Å²) in [7, 11) is 0. The third-order valence-electron chi connectivity index (χ3n) is 3.32. The molecule has 0 spiro atoms. The van der Waals surface area contributed by atoms with Crippen molar-refractivity contribution in [1.82, 2.24) is 19.9 Å². The van der Waals surface area contributed by atoms with Gasteiger partial charge in [0, 0.05) is 23.1 Å². The van der Waals surface area contributed by atoms with Crippen LogP contribution >= 0.6 is 15.9 Å². The first-order valence-corrected chi connectivity index (χ1v) is 7.04. The summed E-state index contributed by atoms with van der Waals surface area (Å²) in [5.41, 5.74) is 0.527. The summed E-state index contributed by atoms with van der Waals surface area (Å²) < 4.78 is 2.35. The molecule has 7 nitrogen and oxygen atoms in total. The first-order valence-electron chi connectivity index (χ1n) is 6.24. The molecule has 0 saturated carbocycles. The van der Waals surface area contributed by atoms with Crippen LogP contribution in [0.2, 0.25) is 0 Å². The van der Waals surface area contributed by atoms with Crippen molar-refractivity contribution >= 4 is 27.8 Å². The van der Waals surface area contributed by atoms with Gasteiger partial charge in [0.1, 0.15) is 0 Å². The van der Waals surface area contributed by atoms with Gasteiger partial charge in [-0.25, -0.2) is 9.48 Å². The smallest absolute Gasteiger partial charge is 0.358 e. The lowest BCUT2D eigenvalue weighted by molar-refractivity contribution is 0.0497. The van der Waals surface area contributed by atoms with Crippen molar-refractivity contribution < 1.29 is 14.7 Å². The van der Waals surface area contributed by atoms with E-state index in [1.54, 1.807) is 17.0 Å². The zero-order valence-electron chi connectivity index (χ0n) is 10.8. The van der Waals surface area contributed by atoms with Gasteiger partial charge in [0.2, 0.25) is 0 Å². The summed E-state index contributed by atoms with van der Waals surface area (Å²) in [5.74, 6) is -1.16. The number of carbonyl (C=O) groups excluding carboxylic acids is 1. The van der Waals surface area contributed by atoms with Crippen LogP contribution < -0.4 is 0 Å². The minimum Gasteiger partial charge on any atom is -0.476 e. The van der Waals surface area contributed by atoms with Crippen LogP contribution in [0.25, 0.3) is 0 Å². The van der Waals surface area contributed by atoms with Gasteiger partial charge in [-0.15, -0.1) is 5.10 Å². The molecule has 2 heterocycles. The summed E-state index contributed by atoms with van der Waals surface area (Å²) in [6, 6.07) is 7.18. The fraction of sp³-hybridized carbons (Fsp3) is 0.231. The third kappa shape index (κ3) is 2.66. The predicted octanol–water partition coefficient (Wildman–Crippen LogP) is 1.44. The number of carboxylic acids is 1. The van der Waals surface area contributed by atoms with E-state index in [-0.39, 0.29) is 17.6 Å². The lowest BCUT2D eigenvalue weighted by Crippen LogP contribution is -2.50. The van der Waals surface area contributed by atoms with Gasteiger partial charge in [-0.05, 0) is 18.2 Å². The van der Waals surface area contributed by atoms with E-state index >= 15 is 0 Å². The fourth-order valence-corrected chi connectivity index (χ4v) is 2.54. The topological polar surface area (TPSA) is 88.3 Å². The van der Waals surface area contributed by atoms with E-state index in [4.69, 9.17) is 5.11 Å². The monoisotopic (exact) mass is 350 g/mol. The van der Waals surface area contributed by atoms with Gasteiger partial charge < -0.3 is 10.0 Å². The molecule has 1 aromatic heterocycles. The van der Waals surface area contributed by atoms with Crippen LogP contribution in [0.15, 0.2) is 34.9 Å². The molecular weight excluding hydrogens is 340 g/mol. The highest BCUT2D eigenvalue weighted by molar-refractivity contribution is 9.10. The standard InChI is InChI=1S/C13H11BrN4O3/c14-9-3-1-2-8(4-9)12(19)17-5-10(6-17)18-7-11(13(20)21)15-16-18/h1-4,7,10H,5-6H2,(H,20,21). The normalized spacial score (nSPS) is 14.8. The highest BCUT2D eigenvalue weighted by Gasteiger charge is 2.33. The van der Waals surface area contributed by atoms with Gasteiger partial charge in [0.25, 0.3) is 5.91 Å². The number of carbonyl (C=O) groups is 2. The van der Waals surface area contributed by atoms with E-state index < -0.39 is 5.97 Å². The Morgan fingerprint density at radius 1 is 1.33 bits per heavy atom. The second-order valence-electron chi connectivity index (χ2n) is 4.76. The van der Waals surface area contributed by atoms with Gasteiger partial charge in [-0.3, -0.25) is 4.79 Å². The zero-order chi connectivity index (χ0) is 15.0. The molecule has 3 rings (SSSR count). The molecule has 0 unspecified atom stereocenters. The number of likely N-dealkylation sites (tertiary alicyclic amines) is 1. The van der Waals surface area contributed by atoms with Crippen LogP contribution in [0.4, 0.5) is 0 Å². The van der Waals surface area contributed by atoms with E-state index in [0.717, 1.165) is 4.47 Å². The second-order valence-corrected chi connectivity index (χ2v) is 5.68. The first-order chi connectivity index (χ1) is 10.0. The SMILES string of the molecule is O=C(O)c1cn(C2CN(C(=O)c3cccc(Br)c3)C2)nn1. The lowest BCUT2D eigenvalue weighted by atomic mass is 10.1. The summed E-state index contributed by atoms with van der Waals surface area (Å²) in [6.07, 6.45) is 1.38. The third-order valence-corrected chi connectivity index (χ3v) is 3.82. The molecular formula is C13H11BrN4O3. The number of hydrogen-bond acceptors (Lipinski definition) is 4. The Bertz CT molecular complexity index is 709. The molecule has 1 fully saturated rings. The Morgan fingerprint density at radius 2 is 2.10 bits per heavy atom. The number of nitrogens with zero attached hydrogens (tertiary/aromatic N) is 4. The van der Waals surface area contributed by atoms with Crippen molar-refractivity contribution in [2.24, 2.45) is 0 Å². The van der Waals surface area contributed by atoms with Gasteiger partial charge in [0.15, 0.2) is 5.69 Å². The number of carboxylic acid groups (broad SMARTS) is 1. The van der Waals surface area contributed by atoms with Crippen molar-refractivity contribution in [3.63, 3.8) is 0 Å². The van der Waals surface area contributed by atoms with Crippen molar-refractivity contribution in [3.8, 4) is 0 Å². The summed E-state index contributed by atoms with van der Waals surface area (Å²) in [5, 5.41) is 16.1. The molecule has 0 radical (unpaired) electrons. The Hall–Kier alpha value is -2.22. The maximum Gasteiger partial charge on any atom is 0.358 e. The van der Waals surface area contributed by atoms with Gasteiger partial charge in [-0.1, -0.05) is 27.2 Å². The summed E-state index contributed by atoms with van der Waals surface area (Å²) in [6.45, 7) is 0.988. The minimum absolute atomic E-state index is 0.0262. The number of hydrogen-bond donors (Lipinski definition) is 1. The molecule has 2 aromatic rings. The van der Waals surface area contributed by atoms with Gasteiger partial charge in [-0.2, -0.15) is 0 Å². The maximum absolute atomic E-state index is 12.2. The molecule has 0 aliphatic carbocycles. The van der Waals surface area contributed by atoms with Crippen LogP contribution in [-0.4, -0.2) is 50.0 Å². The Morgan fingerprint density at radius 3 is 2.71 bits per heavy atom. The molecule has 1 saturated heterocycles. The summed E-state index contributed by atoms with van der Waals surface area (Å²) in [4.78, 5) is 24.7. The molecule has 1 aliphatic heterocycles. The molecule has 108 valence electrons. The quantitative estimate of drug-likeness (QED) is 0.904. The van der Waals surface area contributed by atoms with E-state index in [1.165, 1.54) is 10.9 Å². The molecule has 1 aliphatic rings. The molecule has 1 amide bonds. The van der Waals surface area contributed by atoms with Gasteiger partial charge >= 0.3 is 5.97 Å². The van der Waals surface area contributed by atoms with E-state index in [2.05, 4.69) is 26.2 Å². The molecule has 8 heteroatoms. The number of amides is 1. The van der Waals surface area contributed by atoms with Crippen molar-refractivity contribution in [2.75, 3.05) is 13.1 Å². The van der Waals surface area contributed by atoms with Crippen LogP contribution in [0, 0.1) is 0 Å². The highest BCUT2D eigenvalue weighted by Crippen LogP contribution is 2.23. The second kappa shape index (κ2) is 5.28. The Kier molecular flexibility index (Phi) is 3.46. The lowest BCUT2D eigenvalue weighted by Gasteiger charge is -2.38. The number of rotatable bonds is 3. The number of halogens is 1. The number of aromatic carboxylic acids is 1. The molecule has 1 N–H and O–H groups in total. The molecule has 0 atom stereocenters. The highest BCUT2D eigenvalue weighted by atomic mass is 79.9. The zero-order valence-corrected chi connectivity index (χ0v) is 12.4. The predicted molar refractivity (Wildman–Crippen MR) is 76.1 cm³/mol. The Labute approximate surface area is 128 Å². The van der Waals surface area contributed by atoms with Crippen molar-refractivity contribution in [3.05, 3.63) is 46.2 Å². The summed E-state index contributed by atoms with van der Waals surface area (Å²) >= 11 is 3.34. The average Bonchev–Trinajstić information content (AvgIpc) is 2.86. The van der Waals surface area contributed by atoms with E-state index in [1.807, 2.05) is 12.1 Å². The Balaban J connectivity index is 1.65. The molecule has 21 heavy (non-hydrogen) atoms. The van der Waals surface area contributed by atoms with Crippen LogP contribution in [0.5, 0.6) is 0 Å². The molecule has 1 aromatic carbocycles. The van der Waals surface area contributed by atoms with Crippen molar-refractivity contribution in [2.45, 2.75) is 6.04 Å². The minimum atomic E-state index is -1.11. The van der Waals surface area contributed by atoms with Crippen LogP contribution in [0.1, 0.15) is 26.9 Å². The average molecular weight is 351 g/mol. The molecule has 0 bridgehead atoms. The largest absolute Gasteiger partial charge is 0.476 e. The number of aromatic nitrogens is 3. The van der Waals surface area contributed by atoms with Crippen LogP contribution in [-0.2, 0) is 0 Å². The fourth-order valence-electron chi connectivity index (χ4n) is 2.15. The van der Waals surface area contributed by atoms with Gasteiger partial charge in [0.05, 0.1) is 12.2 Å². The van der Waals surface area contributed by atoms with Crippen molar-refractivity contribution in [1.29, 1.82) is 0 Å². The van der Waals surface area contributed by atoms with E-state index in [0.29, 0.717) is 18.7 Å². The van der Waals surface area contributed by atoms with E-state index in [9.17, 15) is 9.59 Å². The number of benzene rings is 1. The maximum atomic E-state index is 12.2. The first kappa shape index (κ1) is 13.7.